The average Bonchev–Trinajstić information content (AvgIpc) is 3.14. The minimum absolute atomic E-state index is 0.391. The van der Waals surface area contributed by atoms with Crippen LogP contribution in [0.1, 0.15) is 51.7 Å². The van der Waals surface area contributed by atoms with Gasteiger partial charge in [0.05, 0.1) is 0 Å². The maximum Gasteiger partial charge on any atom is 0.0475 e. The van der Waals surface area contributed by atoms with Crippen LogP contribution in [0.25, 0.3) is 0 Å². The van der Waals surface area contributed by atoms with Gasteiger partial charge in [-0.2, -0.15) is 0 Å². The van der Waals surface area contributed by atoms with Crippen LogP contribution in [0.5, 0.6) is 0 Å². The van der Waals surface area contributed by atoms with Crippen molar-refractivity contribution in [2.45, 2.75) is 53.6 Å². The van der Waals surface area contributed by atoms with Crippen molar-refractivity contribution >= 4 is 0 Å². The van der Waals surface area contributed by atoms with E-state index in [2.05, 4.69) is 126 Å². The first-order valence-electron chi connectivity index (χ1n) is 14.3. The second kappa shape index (κ2) is 11.3. The lowest BCUT2D eigenvalue weighted by molar-refractivity contribution is 0.224. The third kappa shape index (κ3) is 5.17. The maximum absolute atomic E-state index is 4.59. The molecule has 2 aliphatic carbocycles. The lowest BCUT2D eigenvalue weighted by Gasteiger charge is -2.41. The number of hydrogen-bond acceptors (Lipinski definition) is 2. The van der Waals surface area contributed by atoms with Gasteiger partial charge in [0.25, 0.3) is 0 Å². The number of allylic oxidation sites excluding steroid dienone is 8. The van der Waals surface area contributed by atoms with Gasteiger partial charge < -0.3 is 9.80 Å². The van der Waals surface area contributed by atoms with Crippen molar-refractivity contribution < 1.29 is 0 Å². The summed E-state index contributed by atoms with van der Waals surface area (Å²) in [5.74, 6) is 3.85. The molecule has 1 aromatic rings. The third-order valence-electron chi connectivity index (χ3n) is 9.52. The van der Waals surface area contributed by atoms with E-state index >= 15 is 0 Å². The molecule has 2 nitrogen and oxygen atoms in total. The molecular formula is C35H48N2. The zero-order valence-electron chi connectivity index (χ0n) is 23.9. The predicted octanol–water partition coefficient (Wildman–Crippen LogP) is 8.59. The molecular weight excluding hydrogens is 448 g/mol. The molecule has 8 atom stereocenters. The van der Waals surface area contributed by atoms with Crippen LogP contribution in [0.4, 0.5) is 0 Å². The number of benzene rings is 1. The third-order valence-corrected chi connectivity index (χ3v) is 9.52. The Hall–Kier alpha value is -2.74. The standard InChI is InChI=1S/C35H48N2/c1-10-30-18-16-23(4)33(32(30)12-3)25(6)36(9)21-28-14-13-15-29(20-28)22-37-26(7)34-24(5)17-19-31(11-2)35(34)27(37)8/h12-20,23-24,30-35H,3,6-8,10-11,21-22H2,1-2,4-5,9H3. The lowest BCUT2D eigenvalue weighted by atomic mass is 9.69. The Labute approximate surface area is 226 Å². The largest absolute Gasteiger partial charge is 0.374 e. The second-order valence-corrected chi connectivity index (χ2v) is 11.8. The molecule has 0 N–H and O–H groups in total. The van der Waals surface area contributed by atoms with E-state index < -0.39 is 0 Å². The van der Waals surface area contributed by atoms with Gasteiger partial charge in [0.15, 0.2) is 0 Å². The Morgan fingerprint density at radius 3 is 2.22 bits per heavy atom. The van der Waals surface area contributed by atoms with Crippen molar-refractivity contribution in [2.24, 2.45) is 47.3 Å². The van der Waals surface area contributed by atoms with Crippen LogP contribution >= 0.6 is 0 Å². The predicted molar refractivity (Wildman–Crippen MR) is 159 cm³/mol. The fourth-order valence-electron chi connectivity index (χ4n) is 7.33. The number of hydrogen-bond donors (Lipinski definition) is 0. The van der Waals surface area contributed by atoms with Crippen LogP contribution in [-0.2, 0) is 13.1 Å². The first-order valence-corrected chi connectivity index (χ1v) is 14.3. The summed E-state index contributed by atoms with van der Waals surface area (Å²) in [5.41, 5.74) is 6.32. The number of likely N-dealkylation sites (tertiary alicyclic amines) is 1. The molecule has 2 heteroatoms. The SMILES string of the molecule is C=CC1C(CC)C=CC(C)C1C(=C)N(C)Cc1cccc(CN2C(=C)C3C(C)C=CC(CC)C3C2=C)c1. The fraction of sp³-hybridized carbons (Fsp3) is 0.486. The Bertz CT molecular complexity index is 1090. The van der Waals surface area contributed by atoms with Crippen LogP contribution in [0.2, 0.25) is 0 Å². The molecule has 1 fully saturated rings. The molecule has 0 spiro atoms. The van der Waals surface area contributed by atoms with E-state index in [9.17, 15) is 0 Å². The molecule has 1 aliphatic heterocycles. The van der Waals surface area contributed by atoms with E-state index in [4.69, 9.17) is 0 Å². The Balaban J connectivity index is 1.47. The number of rotatable bonds is 9. The summed E-state index contributed by atoms with van der Waals surface area (Å²) in [6.07, 6.45) is 14.0. The molecule has 1 saturated heterocycles. The summed E-state index contributed by atoms with van der Waals surface area (Å²) in [6.45, 7) is 28.8. The molecule has 0 bridgehead atoms. The zero-order valence-corrected chi connectivity index (χ0v) is 23.9. The Kier molecular flexibility index (Phi) is 8.36. The summed E-state index contributed by atoms with van der Waals surface area (Å²) < 4.78 is 0. The molecule has 8 unspecified atom stereocenters. The van der Waals surface area contributed by atoms with Gasteiger partial charge in [-0.1, -0.05) is 102 Å². The van der Waals surface area contributed by atoms with E-state index in [1.165, 1.54) is 28.2 Å². The van der Waals surface area contributed by atoms with Crippen LogP contribution in [-0.4, -0.2) is 16.8 Å². The normalized spacial score (nSPS) is 32.9. The monoisotopic (exact) mass is 496 g/mol. The molecule has 0 amide bonds. The second-order valence-electron chi connectivity index (χ2n) is 11.8. The van der Waals surface area contributed by atoms with Crippen molar-refractivity contribution in [3.05, 3.63) is 109 Å². The van der Waals surface area contributed by atoms with Crippen LogP contribution in [0.3, 0.4) is 0 Å². The summed E-state index contributed by atoms with van der Waals surface area (Å²) in [5, 5.41) is 0. The number of nitrogens with zero attached hydrogens (tertiary/aromatic N) is 2. The highest BCUT2D eigenvalue weighted by atomic mass is 15.2. The summed E-state index contributed by atoms with van der Waals surface area (Å²) in [7, 11) is 2.19. The fourth-order valence-corrected chi connectivity index (χ4v) is 7.33. The van der Waals surface area contributed by atoms with Gasteiger partial charge in [0.2, 0.25) is 0 Å². The topological polar surface area (TPSA) is 6.48 Å². The van der Waals surface area contributed by atoms with Crippen LogP contribution in [0, 0.1) is 47.3 Å². The molecule has 1 aromatic carbocycles. The lowest BCUT2D eigenvalue weighted by Crippen LogP contribution is -2.35. The highest BCUT2D eigenvalue weighted by molar-refractivity contribution is 5.33. The van der Waals surface area contributed by atoms with E-state index in [-0.39, 0.29) is 0 Å². The first-order chi connectivity index (χ1) is 17.7. The molecule has 0 aromatic heterocycles. The van der Waals surface area contributed by atoms with Gasteiger partial charge in [0.1, 0.15) is 0 Å². The van der Waals surface area contributed by atoms with Crippen molar-refractivity contribution in [1.29, 1.82) is 0 Å². The molecule has 4 rings (SSSR count). The smallest absolute Gasteiger partial charge is 0.0475 e. The van der Waals surface area contributed by atoms with E-state index in [1.807, 2.05) is 0 Å². The van der Waals surface area contributed by atoms with Gasteiger partial charge in [-0.05, 0) is 53.6 Å². The molecule has 0 radical (unpaired) electrons. The quantitative estimate of drug-likeness (QED) is 0.316. The van der Waals surface area contributed by atoms with Crippen molar-refractivity contribution in [1.82, 2.24) is 9.80 Å². The van der Waals surface area contributed by atoms with Gasteiger partial charge in [-0.15, -0.1) is 6.58 Å². The Morgan fingerprint density at radius 1 is 0.919 bits per heavy atom. The van der Waals surface area contributed by atoms with Gasteiger partial charge >= 0.3 is 0 Å². The highest BCUT2D eigenvalue weighted by Crippen LogP contribution is 2.51. The summed E-state index contributed by atoms with van der Waals surface area (Å²) in [4.78, 5) is 4.75. The minimum atomic E-state index is 0.391. The highest BCUT2D eigenvalue weighted by Gasteiger charge is 2.45. The van der Waals surface area contributed by atoms with Gasteiger partial charge in [0, 0.05) is 55.0 Å². The zero-order chi connectivity index (χ0) is 26.9. The molecule has 37 heavy (non-hydrogen) atoms. The van der Waals surface area contributed by atoms with Crippen molar-refractivity contribution in [2.75, 3.05) is 7.05 Å². The summed E-state index contributed by atoms with van der Waals surface area (Å²) >= 11 is 0. The first kappa shape index (κ1) is 27.3. The Morgan fingerprint density at radius 2 is 1.54 bits per heavy atom. The summed E-state index contributed by atoms with van der Waals surface area (Å²) in [6, 6.07) is 9.03. The van der Waals surface area contributed by atoms with Gasteiger partial charge in [-0.25, -0.2) is 0 Å². The maximum atomic E-state index is 4.59. The van der Waals surface area contributed by atoms with E-state index in [0.29, 0.717) is 47.3 Å². The van der Waals surface area contributed by atoms with Crippen molar-refractivity contribution in [3.8, 4) is 0 Å². The van der Waals surface area contributed by atoms with E-state index in [1.54, 1.807) is 0 Å². The van der Waals surface area contributed by atoms with Crippen molar-refractivity contribution in [3.63, 3.8) is 0 Å². The molecule has 3 aliphatic rings. The average molecular weight is 497 g/mol. The molecule has 198 valence electrons. The van der Waals surface area contributed by atoms with Crippen LogP contribution in [0.15, 0.2) is 98.1 Å². The molecule has 0 saturated carbocycles. The number of fused-ring (bicyclic) bond motifs is 1. The molecule has 1 heterocycles. The van der Waals surface area contributed by atoms with Crippen LogP contribution < -0.4 is 0 Å². The van der Waals surface area contributed by atoms with E-state index in [0.717, 1.165) is 25.9 Å². The van der Waals surface area contributed by atoms with Gasteiger partial charge in [-0.3, -0.25) is 0 Å². The minimum Gasteiger partial charge on any atom is -0.374 e.